The molecule has 0 amide bonds. The molecule has 1 heteroatoms. The number of benzene rings is 1. The van der Waals surface area contributed by atoms with Crippen LogP contribution in [0.5, 0.6) is 0 Å². The van der Waals surface area contributed by atoms with Gasteiger partial charge in [0.1, 0.15) is 0 Å². The molecule has 0 heterocycles. The van der Waals surface area contributed by atoms with E-state index in [1.165, 1.54) is 22.3 Å². The van der Waals surface area contributed by atoms with Gasteiger partial charge < -0.3 is 0 Å². The molecule has 0 fully saturated rings. The predicted molar refractivity (Wildman–Crippen MR) is 58.0 cm³/mol. The second-order valence-electron chi connectivity index (χ2n) is 3.34. The fourth-order valence-corrected chi connectivity index (χ4v) is 1.90. The molecule has 0 nitrogen and oxygen atoms in total. The van der Waals surface area contributed by atoms with Crippen LogP contribution >= 0.6 is 15.9 Å². The lowest BCUT2D eigenvalue weighted by Crippen LogP contribution is -1.94. The lowest BCUT2D eigenvalue weighted by atomic mass is 9.97. The molecule has 0 saturated carbocycles. The molecule has 12 heavy (non-hydrogen) atoms. The zero-order valence-corrected chi connectivity index (χ0v) is 9.70. The summed E-state index contributed by atoms with van der Waals surface area (Å²) in [7, 11) is 0. The molecule has 0 radical (unpaired) electrons. The van der Waals surface area contributed by atoms with Gasteiger partial charge in [-0.3, -0.25) is 0 Å². The zero-order chi connectivity index (χ0) is 9.30. The van der Waals surface area contributed by atoms with Crippen LogP contribution in [-0.2, 0) is 0 Å². The van der Waals surface area contributed by atoms with Gasteiger partial charge in [-0.05, 0) is 49.9 Å². The van der Waals surface area contributed by atoms with Crippen molar-refractivity contribution in [3.8, 4) is 0 Å². The summed E-state index contributed by atoms with van der Waals surface area (Å²) in [5.41, 5.74) is 5.61. The monoisotopic (exact) mass is 226 g/mol. The van der Waals surface area contributed by atoms with Crippen molar-refractivity contribution < 1.29 is 0 Å². The molecule has 1 aromatic rings. The molecule has 1 unspecified atom stereocenters. The fraction of sp³-hybridized carbons (Fsp3) is 0.455. The van der Waals surface area contributed by atoms with Crippen molar-refractivity contribution in [1.82, 2.24) is 0 Å². The maximum absolute atomic E-state index is 3.59. The van der Waals surface area contributed by atoms with E-state index in [9.17, 15) is 0 Å². The average molecular weight is 227 g/mol. The summed E-state index contributed by atoms with van der Waals surface area (Å²) in [5, 5.41) is 0. The van der Waals surface area contributed by atoms with Crippen LogP contribution in [0.3, 0.4) is 0 Å². The summed E-state index contributed by atoms with van der Waals surface area (Å²) in [6, 6.07) is 4.40. The second kappa shape index (κ2) is 3.61. The number of hydrogen-bond donors (Lipinski definition) is 0. The quantitative estimate of drug-likeness (QED) is 0.634. The molecule has 0 aliphatic heterocycles. The van der Waals surface area contributed by atoms with Gasteiger partial charge in [-0.2, -0.15) is 0 Å². The van der Waals surface area contributed by atoms with E-state index in [1.807, 2.05) is 0 Å². The summed E-state index contributed by atoms with van der Waals surface area (Å²) in [4.78, 5) is 0.455. The Balaban J connectivity index is 3.27. The lowest BCUT2D eigenvalue weighted by Gasteiger charge is -2.12. The van der Waals surface area contributed by atoms with E-state index >= 15 is 0 Å². The second-order valence-corrected chi connectivity index (χ2v) is 4.71. The fourth-order valence-electron chi connectivity index (χ4n) is 1.41. The van der Waals surface area contributed by atoms with Gasteiger partial charge in [0.25, 0.3) is 0 Å². The molecule has 0 spiro atoms. The van der Waals surface area contributed by atoms with Crippen molar-refractivity contribution in [2.45, 2.75) is 32.5 Å². The molecule has 0 saturated heterocycles. The van der Waals surface area contributed by atoms with E-state index in [2.05, 4.69) is 55.8 Å². The van der Waals surface area contributed by atoms with Crippen molar-refractivity contribution in [2.75, 3.05) is 0 Å². The van der Waals surface area contributed by atoms with Crippen LogP contribution in [0.2, 0.25) is 0 Å². The van der Waals surface area contributed by atoms with Crippen LogP contribution in [-0.4, -0.2) is 0 Å². The smallest absolute Gasteiger partial charge is 0.0369 e. The van der Waals surface area contributed by atoms with Gasteiger partial charge in [0.2, 0.25) is 0 Å². The highest BCUT2D eigenvalue weighted by Gasteiger charge is 2.07. The largest absolute Gasteiger partial charge is 0.0842 e. The van der Waals surface area contributed by atoms with Gasteiger partial charge in [-0.1, -0.05) is 28.1 Å². The normalized spacial score (nSPS) is 13.1. The van der Waals surface area contributed by atoms with Crippen LogP contribution in [0, 0.1) is 20.8 Å². The first-order chi connectivity index (χ1) is 5.54. The molecule has 0 bridgehead atoms. The minimum Gasteiger partial charge on any atom is -0.0842 e. The van der Waals surface area contributed by atoms with Crippen LogP contribution < -0.4 is 0 Å². The third kappa shape index (κ3) is 1.71. The van der Waals surface area contributed by atoms with E-state index in [4.69, 9.17) is 0 Å². The van der Waals surface area contributed by atoms with Crippen molar-refractivity contribution >= 4 is 15.9 Å². The first-order valence-electron chi connectivity index (χ1n) is 4.24. The minimum atomic E-state index is 0.455. The number of rotatable bonds is 1. The van der Waals surface area contributed by atoms with Crippen molar-refractivity contribution in [3.63, 3.8) is 0 Å². The van der Waals surface area contributed by atoms with E-state index in [1.54, 1.807) is 0 Å². The van der Waals surface area contributed by atoms with Gasteiger partial charge in [-0.15, -0.1) is 0 Å². The summed E-state index contributed by atoms with van der Waals surface area (Å²) in [6.07, 6.45) is 0. The molecule has 0 aliphatic rings. The van der Waals surface area contributed by atoms with Gasteiger partial charge >= 0.3 is 0 Å². The van der Waals surface area contributed by atoms with Gasteiger partial charge in [0, 0.05) is 4.83 Å². The molecular formula is C11H15Br. The Morgan fingerprint density at radius 3 is 2.17 bits per heavy atom. The van der Waals surface area contributed by atoms with Crippen molar-refractivity contribution in [1.29, 1.82) is 0 Å². The Labute approximate surface area is 83.1 Å². The Bertz CT molecular complexity index is 287. The summed E-state index contributed by atoms with van der Waals surface area (Å²) in [6.45, 7) is 8.70. The lowest BCUT2D eigenvalue weighted by molar-refractivity contribution is 1.07. The highest BCUT2D eigenvalue weighted by atomic mass is 79.9. The number of alkyl halides is 1. The highest BCUT2D eigenvalue weighted by molar-refractivity contribution is 9.09. The number of halogens is 1. The molecule has 1 rings (SSSR count). The number of aryl methyl sites for hydroxylation is 1. The van der Waals surface area contributed by atoms with Crippen molar-refractivity contribution in [2.24, 2.45) is 0 Å². The van der Waals surface area contributed by atoms with E-state index in [0.29, 0.717) is 4.83 Å². The van der Waals surface area contributed by atoms with E-state index in [-0.39, 0.29) is 0 Å². The van der Waals surface area contributed by atoms with Crippen LogP contribution in [0.4, 0.5) is 0 Å². The van der Waals surface area contributed by atoms with Gasteiger partial charge in [-0.25, -0.2) is 0 Å². The van der Waals surface area contributed by atoms with Crippen LogP contribution in [0.15, 0.2) is 12.1 Å². The zero-order valence-electron chi connectivity index (χ0n) is 8.11. The molecule has 0 aliphatic carbocycles. The van der Waals surface area contributed by atoms with Gasteiger partial charge in [0.05, 0.1) is 0 Å². The molecular weight excluding hydrogens is 212 g/mol. The number of hydrogen-bond acceptors (Lipinski definition) is 0. The Morgan fingerprint density at radius 1 is 1.08 bits per heavy atom. The van der Waals surface area contributed by atoms with Crippen molar-refractivity contribution in [3.05, 3.63) is 34.4 Å². The third-order valence-corrected chi connectivity index (χ3v) is 3.02. The standard InChI is InChI=1S/C11H15Br/c1-7-5-6-11(10(4)12)9(3)8(7)2/h5-6,10H,1-4H3. The third-order valence-electron chi connectivity index (χ3n) is 2.53. The van der Waals surface area contributed by atoms with E-state index in [0.717, 1.165) is 0 Å². The summed E-state index contributed by atoms with van der Waals surface area (Å²) < 4.78 is 0. The molecule has 0 aromatic heterocycles. The van der Waals surface area contributed by atoms with Crippen LogP contribution in [0.1, 0.15) is 34.0 Å². The Kier molecular flexibility index (Phi) is 2.94. The maximum atomic E-state index is 3.59. The molecule has 0 N–H and O–H groups in total. The summed E-state index contributed by atoms with van der Waals surface area (Å²) >= 11 is 3.59. The Morgan fingerprint density at radius 2 is 1.67 bits per heavy atom. The SMILES string of the molecule is Cc1ccc(C(C)Br)c(C)c1C. The molecule has 66 valence electrons. The Hall–Kier alpha value is -0.300. The maximum Gasteiger partial charge on any atom is 0.0369 e. The predicted octanol–water partition coefficient (Wildman–Crippen LogP) is 4.07. The van der Waals surface area contributed by atoms with Gasteiger partial charge in [0.15, 0.2) is 0 Å². The molecule has 1 atom stereocenters. The molecule has 1 aromatic carbocycles. The first-order valence-corrected chi connectivity index (χ1v) is 5.16. The first kappa shape index (κ1) is 9.79. The van der Waals surface area contributed by atoms with Crippen LogP contribution in [0.25, 0.3) is 0 Å². The average Bonchev–Trinajstić information content (AvgIpc) is 2.00. The minimum absolute atomic E-state index is 0.455. The topological polar surface area (TPSA) is 0 Å². The highest BCUT2D eigenvalue weighted by Crippen LogP contribution is 2.27. The van der Waals surface area contributed by atoms with E-state index < -0.39 is 0 Å². The summed E-state index contributed by atoms with van der Waals surface area (Å²) in [5.74, 6) is 0.